The van der Waals surface area contributed by atoms with Crippen molar-refractivity contribution in [1.29, 1.82) is 5.41 Å². The van der Waals surface area contributed by atoms with E-state index in [4.69, 9.17) is 11.1 Å². The molecule has 0 saturated heterocycles. The number of amides is 1. The van der Waals surface area contributed by atoms with Crippen molar-refractivity contribution in [2.45, 2.75) is 12.5 Å². The number of carbonyl (C=O) groups excluding carboxylic acids is 1. The van der Waals surface area contributed by atoms with Gasteiger partial charge >= 0.3 is 0 Å². The minimum Gasteiger partial charge on any atom is -0.370 e. The molecule has 78 valence electrons. The molecule has 0 saturated carbocycles. The first-order valence-electron chi connectivity index (χ1n) is 4.45. The summed E-state index contributed by atoms with van der Waals surface area (Å²) in [7, 11) is 0. The first kappa shape index (κ1) is 9.50. The smallest absolute Gasteiger partial charge is 0.219 e. The third kappa shape index (κ3) is 1.76. The van der Waals surface area contributed by atoms with Gasteiger partial charge in [-0.05, 0) is 0 Å². The van der Waals surface area contributed by atoms with Crippen molar-refractivity contribution in [2.24, 2.45) is 20.7 Å². The summed E-state index contributed by atoms with van der Waals surface area (Å²) < 4.78 is 0. The second-order valence-corrected chi connectivity index (χ2v) is 3.19. The number of carbonyl (C=O) groups is 1. The Morgan fingerprint density at radius 1 is 1.67 bits per heavy atom. The Hall–Kier alpha value is -2.05. The van der Waals surface area contributed by atoms with Gasteiger partial charge < -0.3 is 10.6 Å². The van der Waals surface area contributed by atoms with Crippen molar-refractivity contribution < 1.29 is 4.79 Å². The van der Waals surface area contributed by atoms with Gasteiger partial charge in [0.1, 0.15) is 12.2 Å². The van der Waals surface area contributed by atoms with Crippen molar-refractivity contribution in [2.75, 3.05) is 6.54 Å². The Balaban J connectivity index is 2.08. The fourth-order valence-electron chi connectivity index (χ4n) is 1.39. The summed E-state index contributed by atoms with van der Waals surface area (Å²) in [4.78, 5) is 24.2. The van der Waals surface area contributed by atoms with Crippen LogP contribution >= 0.6 is 0 Å². The van der Waals surface area contributed by atoms with E-state index in [-0.39, 0.29) is 18.2 Å². The second kappa shape index (κ2) is 3.60. The number of nitrogens with two attached hydrogens (primary N) is 1. The molecule has 1 unspecified atom stereocenters. The van der Waals surface area contributed by atoms with Crippen molar-refractivity contribution in [3.8, 4) is 0 Å². The molecule has 0 spiro atoms. The minimum absolute atomic E-state index is 0.165. The number of fused-ring (bicyclic) bond motifs is 1. The van der Waals surface area contributed by atoms with E-state index in [2.05, 4.69) is 15.0 Å². The van der Waals surface area contributed by atoms with Crippen LogP contribution in [-0.4, -0.2) is 47.7 Å². The van der Waals surface area contributed by atoms with E-state index in [0.717, 1.165) is 0 Å². The van der Waals surface area contributed by atoms with E-state index in [1.54, 1.807) is 11.2 Å². The van der Waals surface area contributed by atoms with Crippen LogP contribution in [0.2, 0.25) is 0 Å². The highest BCUT2D eigenvalue weighted by molar-refractivity contribution is 6.20. The number of rotatable bonds is 3. The SMILES string of the molecule is N=C1N=CN=C2C1N=CN2CCC(N)=O. The molecular weight excluding hydrogens is 196 g/mol. The predicted molar refractivity (Wildman–Crippen MR) is 56.5 cm³/mol. The molecule has 7 nitrogen and oxygen atoms in total. The van der Waals surface area contributed by atoms with Gasteiger partial charge in [0.05, 0.1) is 6.34 Å². The van der Waals surface area contributed by atoms with Gasteiger partial charge in [0.2, 0.25) is 5.91 Å². The highest BCUT2D eigenvalue weighted by Crippen LogP contribution is 2.12. The molecule has 0 radical (unpaired) electrons. The number of aliphatic imine (C=N–C) groups is 3. The lowest BCUT2D eigenvalue weighted by Gasteiger charge is -2.18. The van der Waals surface area contributed by atoms with Crippen LogP contribution in [0.25, 0.3) is 0 Å². The summed E-state index contributed by atoms with van der Waals surface area (Å²) in [6.07, 6.45) is 3.12. The predicted octanol–water partition coefficient (Wildman–Crippen LogP) is -1.01. The van der Waals surface area contributed by atoms with Gasteiger partial charge in [0, 0.05) is 13.0 Å². The van der Waals surface area contributed by atoms with Crippen molar-refractivity contribution >= 4 is 30.3 Å². The number of amidine groups is 2. The molecule has 0 aromatic carbocycles. The standard InChI is InChI=1S/C8H10N6O/c9-5(15)1-2-14-4-13-6-7(10)11-3-12-8(6)14/h3-4,6,10H,1-2H2,(H2,9,15). The molecule has 0 aliphatic carbocycles. The van der Waals surface area contributed by atoms with E-state index in [9.17, 15) is 4.79 Å². The third-order valence-corrected chi connectivity index (χ3v) is 2.14. The molecule has 2 aliphatic heterocycles. The number of hydrogen-bond donors (Lipinski definition) is 2. The van der Waals surface area contributed by atoms with Crippen molar-refractivity contribution in [3.63, 3.8) is 0 Å². The molecule has 1 atom stereocenters. The van der Waals surface area contributed by atoms with Gasteiger partial charge in [-0.15, -0.1) is 0 Å². The maximum atomic E-state index is 10.6. The normalized spacial score (nSPS) is 22.9. The average Bonchev–Trinajstić information content (AvgIpc) is 2.59. The summed E-state index contributed by atoms with van der Waals surface area (Å²) in [6, 6.07) is -0.414. The Kier molecular flexibility index (Phi) is 2.28. The molecule has 0 aromatic heterocycles. The van der Waals surface area contributed by atoms with Gasteiger partial charge in [0.25, 0.3) is 0 Å². The number of nitrogens with zero attached hydrogens (tertiary/aromatic N) is 4. The summed E-state index contributed by atoms with van der Waals surface area (Å²) in [5, 5.41) is 7.51. The van der Waals surface area contributed by atoms with Crippen LogP contribution in [0, 0.1) is 5.41 Å². The van der Waals surface area contributed by atoms with Crippen LogP contribution in [0.4, 0.5) is 0 Å². The fourth-order valence-corrected chi connectivity index (χ4v) is 1.39. The summed E-state index contributed by atoms with van der Waals surface area (Å²) in [5.41, 5.74) is 5.05. The zero-order valence-corrected chi connectivity index (χ0v) is 7.92. The molecule has 2 aliphatic rings. The van der Waals surface area contributed by atoms with Crippen LogP contribution in [-0.2, 0) is 4.79 Å². The van der Waals surface area contributed by atoms with Gasteiger partial charge in [-0.2, -0.15) is 0 Å². The van der Waals surface area contributed by atoms with Crippen LogP contribution in [0.5, 0.6) is 0 Å². The number of nitrogens with one attached hydrogen (secondary N) is 1. The summed E-state index contributed by atoms with van der Waals surface area (Å²) in [6.45, 7) is 0.440. The van der Waals surface area contributed by atoms with Gasteiger partial charge in [-0.3, -0.25) is 15.2 Å². The van der Waals surface area contributed by atoms with E-state index < -0.39 is 6.04 Å². The Morgan fingerprint density at radius 3 is 3.20 bits per heavy atom. The summed E-state index contributed by atoms with van der Waals surface area (Å²) >= 11 is 0. The van der Waals surface area contributed by atoms with E-state index in [0.29, 0.717) is 12.4 Å². The minimum atomic E-state index is -0.414. The Labute approximate surface area is 85.9 Å². The van der Waals surface area contributed by atoms with Crippen molar-refractivity contribution in [3.05, 3.63) is 0 Å². The largest absolute Gasteiger partial charge is 0.370 e. The van der Waals surface area contributed by atoms with E-state index >= 15 is 0 Å². The first-order valence-corrected chi connectivity index (χ1v) is 4.45. The number of hydrogen-bond acceptors (Lipinski definition) is 5. The average molecular weight is 206 g/mol. The molecule has 0 fully saturated rings. The molecular formula is C8H10N6O. The molecule has 7 heteroatoms. The maximum Gasteiger partial charge on any atom is 0.219 e. The van der Waals surface area contributed by atoms with Crippen LogP contribution in [0.3, 0.4) is 0 Å². The molecule has 2 heterocycles. The Morgan fingerprint density at radius 2 is 2.47 bits per heavy atom. The number of primary amides is 1. The van der Waals surface area contributed by atoms with E-state index in [1.165, 1.54) is 6.34 Å². The zero-order chi connectivity index (χ0) is 10.8. The first-order chi connectivity index (χ1) is 7.18. The van der Waals surface area contributed by atoms with Crippen LogP contribution in [0.1, 0.15) is 6.42 Å². The third-order valence-electron chi connectivity index (χ3n) is 2.14. The van der Waals surface area contributed by atoms with Crippen molar-refractivity contribution in [1.82, 2.24) is 4.90 Å². The topological polar surface area (TPSA) is 107 Å². The van der Waals surface area contributed by atoms with Crippen LogP contribution < -0.4 is 5.73 Å². The quantitative estimate of drug-likeness (QED) is 0.617. The van der Waals surface area contributed by atoms with E-state index in [1.807, 2.05) is 0 Å². The lowest BCUT2D eigenvalue weighted by atomic mass is 10.2. The monoisotopic (exact) mass is 206 g/mol. The highest BCUT2D eigenvalue weighted by atomic mass is 16.1. The Bertz CT molecular complexity index is 396. The zero-order valence-electron chi connectivity index (χ0n) is 7.92. The van der Waals surface area contributed by atoms with Gasteiger partial charge in [-0.1, -0.05) is 0 Å². The lowest BCUT2D eigenvalue weighted by molar-refractivity contribution is -0.118. The molecule has 0 bridgehead atoms. The van der Waals surface area contributed by atoms with Gasteiger partial charge in [-0.25, -0.2) is 9.98 Å². The molecule has 1 amide bonds. The molecule has 2 rings (SSSR count). The van der Waals surface area contributed by atoms with Gasteiger partial charge in [0.15, 0.2) is 11.9 Å². The summed E-state index contributed by atoms with van der Waals surface area (Å²) in [5.74, 6) is 0.432. The van der Waals surface area contributed by atoms with Crippen LogP contribution in [0.15, 0.2) is 15.0 Å². The molecule has 15 heavy (non-hydrogen) atoms. The lowest BCUT2D eigenvalue weighted by Crippen LogP contribution is -2.38. The fraction of sp³-hybridized carbons (Fsp3) is 0.375. The molecule has 0 aromatic rings. The second-order valence-electron chi connectivity index (χ2n) is 3.19. The highest BCUT2D eigenvalue weighted by Gasteiger charge is 2.30. The maximum absolute atomic E-state index is 10.6. The molecule has 3 N–H and O–H groups in total.